The number of rotatable bonds is 5. The largest absolute Gasteiger partial charge is 0.330 e. The quantitative estimate of drug-likeness (QED) is 0.609. The molecular weight excluding hydrogens is 138 g/mol. The molecule has 1 unspecified atom stereocenters. The van der Waals surface area contributed by atoms with Crippen molar-refractivity contribution >= 4 is 8.80 Å². The van der Waals surface area contributed by atoms with Gasteiger partial charge in [-0.1, -0.05) is 38.9 Å². The third-order valence-corrected chi connectivity index (χ3v) is 3.55. The highest BCUT2D eigenvalue weighted by atomic mass is 28.3. The van der Waals surface area contributed by atoms with Crippen molar-refractivity contribution in [2.75, 3.05) is 6.54 Å². The van der Waals surface area contributed by atoms with Crippen LogP contribution in [0.25, 0.3) is 0 Å². The van der Waals surface area contributed by atoms with Crippen LogP contribution in [-0.2, 0) is 0 Å². The van der Waals surface area contributed by atoms with E-state index in [1.54, 1.807) is 0 Å². The molecule has 0 amide bonds. The van der Waals surface area contributed by atoms with E-state index in [9.17, 15) is 0 Å². The number of nitrogens with two attached hydrogens (primary N) is 1. The molecule has 0 bridgehead atoms. The van der Waals surface area contributed by atoms with Crippen molar-refractivity contribution in [2.24, 2.45) is 11.7 Å². The van der Waals surface area contributed by atoms with Crippen LogP contribution in [0.5, 0.6) is 0 Å². The zero-order valence-corrected chi connectivity index (χ0v) is 8.72. The minimum Gasteiger partial charge on any atom is -0.330 e. The lowest BCUT2D eigenvalue weighted by Gasteiger charge is -2.12. The van der Waals surface area contributed by atoms with Gasteiger partial charge in [0.25, 0.3) is 0 Å². The first-order chi connectivity index (χ1) is 4.70. The second kappa shape index (κ2) is 5.92. The maximum atomic E-state index is 5.58. The molecular formula is C8H21NSi. The topological polar surface area (TPSA) is 26.0 Å². The first-order valence-electron chi connectivity index (χ1n) is 4.40. The lowest BCUT2D eigenvalue weighted by Crippen LogP contribution is -2.15. The summed E-state index contributed by atoms with van der Waals surface area (Å²) in [5.74, 6) is 0.801. The van der Waals surface area contributed by atoms with Crippen molar-refractivity contribution in [2.45, 2.75) is 38.9 Å². The number of hydrogen-bond donors (Lipinski definition) is 1. The van der Waals surface area contributed by atoms with E-state index in [2.05, 4.69) is 20.0 Å². The Kier molecular flexibility index (Phi) is 6.03. The van der Waals surface area contributed by atoms with E-state index in [-0.39, 0.29) is 8.80 Å². The molecule has 2 N–H and O–H groups in total. The lowest BCUT2D eigenvalue weighted by molar-refractivity contribution is 0.503. The zero-order chi connectivity index (χ0) is 7.98. The van der Waals surface area contributed by atoms with Gasteiger partial charge in [0, 0.05) is 8.80 Å². The van der Waals surface area contributed by atoms with Gasteiger partial charge >= 0.3 is 0 Å². The fourth-order valence-corrected chi connectivity index (χ4v) is 2.20. The summed E-state index contributed by atoms with van der Waals surface area (Å²) < 4.78 is 0. The molecule has 0 rings (SSSR count). The molecule has 1 nitrogen and oxygen atoms in total. The minimum absolute atomic E-state index is 0.310. The van der Waals surface area contributed by atoms with E-state index in [4.69, 9.17) is 5.73 Å². The normalized spacial score (nSPS) is 14.1. The Morgan fingerprint density at radius 1 is 1.40 bits per heavy atom. The van der Waals surface area contributed by atoms with Gasteiger partial charge in [-0.05, 0) is 12.5 Å². The van der Waals surface area contributed by atoms with Crippen LogP contribution in [0.15, 0.2) is 0 Å². The lowest BCUT2D eigenvalue weighted by atomic mass is 10.0. The Morgan fingerprint density at radius 2 is 2.00 bits per heavy atom. The predicted octanol–water partition coefficient (Wildman–Crippen LogP) is 1.85. The molecule has 0 radical (unpaired) electrons. The molecule has 0 saturated heterocycles. The van der Waals surface area contributed by atoms with Crippen LogP contribution < -0.4 is 5.73 Å². The van der Waals surface area contributed by atoms with Gasteiger partial charge in [0.2, 0.25) is 0 Å². The van der Waals surface area contributed by atoms with Crippen LogP contribution >= 0.6 is 0 Å². The smallest absolute Gasteiger partial charge is 0.0305 e. The van der Waals surface area contributed by atoms with Crippen LogP contribution in [0.4, 0.5) is 0 Å². The fraction of sp³-hybridized carbons (Fsp3) is 1.00. The van der Waals surface area contributed by atoms with Crippen LogP contribution in [0, 0.1) is 5.92 Å². The highest BCUT2D eigenvalue weighted by Gasteiger charge is 2.04. The summed E-state index contributed by atoms with van der Waals surface area (Å²) in [6.07, 6.45) is 2.63. The molecule has 0 aromatic heterocycles. The molecule has 0 fully saturated rings. The van der Waals surface area contributed by atoms with E-state index < -0.39 is 0 Å². The van der Waals surface area contributed by atoms with Gasteiger partial charge in [0.1, 0.15) is 0 Å². The van der Waals surface area contributed by atoms with Crippen LogP contribution in [-0.4, -0.2) is 15.3 Å². The highest BCUT2D eigenvalue weighted by Crippen LogP contribution is 2.10. The van der Waals surface area contributed by atoms with Crippen molar-refractivity contribution < 1.29 is 0 Å². The van der Waals surface area contributed by atoms with Crippen LogP contribution in [0.2, 0.25) is 19.1 Å². The molecule has 0 heterocycles. The molecule has 2 heteroatoms. The van der Waals surface area contributed by atoms with Gasteiger partial charge < -0.3 is 5.73 Å². The molecule has 0 aliphatic carbocycles. The second-order valence-electron chi connectivity index (χ2n) is 3.48. The maximum Gasteiger partial charge on any atom is 0.0305 e. The average molecular weight is 159 g/mol. The van der Waals surface area contributed by atoms with Crippen LogP contribution in [0.3, 0.4) is 0 Å². The molecule has 0 aromatic carbocycles. The zero-order valence-electron chi connectivity index (χ0n) is 7.56. The van der Waals surface area contributed by atoms with Gasteiger partial charge in [-0.3, -0.25) is 0 Å². The molecule has 1 atom stereocenters. The maximum absolute atomic E-state index is 5.58. The minimum atomic E-state index is -0.310. The van der Waals surface area contributed by atoms with E-state index in [1.165, 1.54) is 18.9 Å². The van der Waals surface area contributed by atoms with E-state index in [1.807, 2.05) is 0 Å². The predicted molar refractivity (Wildman–Crippen MR) is 51.1 cm³/mol. The van der Waals surface area contributed by atoms with E-state index in [0.717, 1.165) is 12.5 Å². The van der Waals surface area contributed by atoms with Gasteiger partial charge in [-0.25, -0.2) is 0 Å². The fourth-order valence-electron chi connectivity index (χ4n) is 1.06. The van der Waals surface area contributed by atoms with Gasteiger partial charge in [0.05, 0.1) is 0 Å². The van der Waals surface area contributed by atoms with E-state index in [0.29, 0.717) is 0 Å². The van der Waals surface area contributed by atoms with Crippen molar-refractivity contribution in [3.05, 3.63) is 0 Å². The molecule has 0 aliphatic heterocycles. The Bertz CT molecular complexity index is 69.7. The Hall–Kier alpha value is 0.177. The van der Waals surface area contributed by atoms with Gasteiger partial charge in [-0.2, -0.15) is 0 Å². The highest BCUT2D eigenvalue weighted by molar-refractivity contribution is 6.55. The van der Waals surface area contributed by atoms with Crippen molar-refractivity contribution in [1.82, 2.24) is 0 Å². The third kappa shape index (κ3) is 5.00. The monoisotopic (exact) mass is 159 g/mol. The summed E-state index contributed by atoms with van der Waals surface area (Å²) in [5, 5.41) is 0. The second-order valence-corrected chi connectivity index (χ2v) is 6.85. The molecule has 0 aromatic rings. The SMILES string of the molecule is CCC(CN)CC[SiH](C)C. The van der Waals surface area contributed by atoms with Crippen molar-refractivity contribution in [1.29, 1.82) is 0 Å². The average Bonchev–Trinajstić information content (AvgIpc) is 1.90. The Labute approximate surface area is 66.6 Å². The summed E-state index contributed by atoms with van der Waals surface area (Å²) >= 11 is 0. The summed E-state index contributed by atoms with van der Waals surface area (Å²) in [4.78, 5) is 0. The third-order valence-electron chi connectivity index (χ3n) is 2.06. The number of hydrogen-bond acceptors (Lipinski definition) is 1. The summed E-state index contributed by atoms with van der Waals surface area (Å²) in [6, 6.07) is 1.47. The summed E-state index contributed by atoms with van der Waals surface area (Å²) in [6.45, 7) is 7.93. The first-order valence-corrected chi connectivity index (χ1v) is 7.53. The molecule has 62 valence electrons. The van der Waals surface area contributed by atoms with Crippen LogP contribution in [0.1, 0.15) is 19.8 Å². The molecule has 0 aliphatic rings. The Morgan fingerprint density at radius 3 is 2.30 bits per heavy atom. The standard InChI is InChI=1S/C8H21NSi/c1-4-8(7-9)5-6-10(2)3/h8,10H,4-7,9H2,1-3H3. The van der Waals surface area contributed by atoms with E-state index >= 15 is 0 Å². The molecule has 0 spiro atoms. The van der Waals surface area contributed by atoms with Crippen molar-refractivity contribution in [3.63, 3.8) is 0 Å². The molecule has 10 heavy (non-hydrogen) atoms. The first kappa shape index (κ1) is 10.2. The van der Waals surface area contributed by atoms with Gasteiger partial charge in [0.15, 0.2) is 0 Å². The summed E-state index contributed by atoms with van der Waals surface area (Å²) in [5.41, 5.74) is 5.58. The van der Waals surface area contributed by atoms with Gasteiger partial charge in [-0.15, -0.1) is 0 Å². The summed E-state index contributed by atoms with van der Waals surface area (Å²) in [7, 11) is -0.310. The van der Waals surface area contributed by atoms with Crippen molar-refractivity contribution in [3.8, 4) is 0 Å². The Balaban J connectivity index is 3.26. The molecule has 0 saturated carbocycles.